The van der Waals surface area contributed by atoms with Gasteiger partial charge in [-0.2, -0.15) is 0 Å². The summed E-state index contributed by atoms with van der Waals surface area (Å²) in [6.45, 7) is 0.361. The third kappa shape index (κ3) is 3.76. The second kappa shape index (κ2) is 7.51. The highest BCUT2D eigenvalue weighted by molar-refractivity contribution is 7.92. The molecule has 0 atom stereocenters. The standard InChI is InChI=1S/C19H18ClNO4S/c1-25-15-7-9-16(10-8-15)26(23,24)17-12-21(13-17)19(22)11-6-14-4-2-3-5-18(14)20/h2-11,17H,12-13H2,1H3/b11-6+. The molecule has 1 saturated heterocycles. The van der Waals surface area contributed by atoms with Gasteiger partial charge in [0.25, 0.3) is 0 Å². The molecular weight excluding hydrogens is 374 g/mol. The van der Waals surface area contributed by atoms with Gasteiger partial charge in [0.05, 0.1) is 12.0 Å². The van der Waals surface area contributed by atoms with E-state index in [0.29, 0.717) is 10.8 Å². The minimum atomic E-state index is -3.46. The average Bonchev–Trinajstić information content (AvgIpc) is 2.59. The Morgan fingerprint density at radius 1 is 1.15 bits per heavy atom. The van der Waals surface area contributed by atoms with Gasteiger partial charge >= 0.3 is 0 Å². The molecule has 1 heterocycles. The Morgan fingerprint density at radius 2 is 1.81 bits per heavy atom. The number of methoxy groups -OCH3 is 1. The molecule has 136 valence electrons. The number of hydrogen-bond acceptors (Lipinski definition) is 4. The van der Waals surface area contributed by atoms with E-state index in [-0.39, 0.29) is 23.9 Å². The molecule has 26 heavy (non-hydrogen) atoms. The van der Waals surface area contributed by atoms with Crippen molar-refractivity contribution in [3.8, 4) is 5.75 Å². The lowest BCUT2D eigenvalue weighted by Crippen LogP contribution is -2.56. The molecule has 0 bridgehead atoms. The molecule has 2 aromatic rings. The summed E-state index contributed by atoms with van der Waals surface area (Å²) in [6.07, 6.45) is 3.05. The number of rotatable bonds is 5. The maximum absolute atomic E-state index is 12.6. The Kier molecular flexibility index (Phi) is 5.34. The normalized spacial score (nSPS) is 15.1. The lowest BCUT2D eigenvalue weighted by molar-refractivity contribution is -0.128. The number of carbonyl (C=O) groups is 1. The lowest BCUT2D eigenvalue weighted by Gasteiger charge is -2.38. The van der Waals surface area contributed by atoms with Gasteiger partial charge in [-0.1, -0.05) is 29.8 Å². The quantitative estimate of drug-likeness (QED) is 0.735. The largest absolute Gasteiger partial charge is 0.497 e. The van der Waals surface area contributed by atoms with Crippen molar-refractivity contribution in [1.82, 2.24) is 4.90 Å². The van der Waals surface area contributed by atoms with E-state index in [4.69, 9.17) is 16.3 Å². The van der Waals surface area contributed by atoms with E-state index in [2.05, 4.69) is 0 Å². The maximum Gasteiger partial charge on any atom is 0.246 e. The molecular formula is C19H18ClNO4S. The minimum absolute atomic E-state index is 0.181. The molecule has 2 aromatic carbocycles. The van der Waals surface area contributed by atoms with Gasteiger partial charge in [-0.25, -0.2) is 8.42 Å². The monoisotopic (exact) mass is 391 g/mol. The fourth-order valence-electron chi connectivity index (χ4n) is 2.65. The molecule has 0 aliphatic carbocycles. The fraction of sp³-hybridized carbons (Fsp3) is 0.211. The molecule has 0 N–H and O–H groups in total. The van der Waals surface area contributed by atoms with Gasteiger partial charge < -0.3 is 9.64 Å². The van der Waals surface area contributed by atoms with Crippen molar-refractivity contribution < 1.29 is 17.9 Å². The smallest absolute Gasteiger partial charge is 0.246 e. The molecule has 0 spiro atoms. The number of hydrogen-bond donors (Lipinski definition) is 0. The van der Waals surface area contributed by atoms with Gasteiger partial charge in [0.15, 0.2) is 9.84 Å². The van der Waals surface area contributed by atoms with E-state index in [1.807, 2.05) is 12.1 Å². The van der Waals surface area contributed by atoms with Crippen LogP contribution in [0.3, 0.4) is 0 Å². The first-order valence-electron chi connectivity index (χ1n) is 8.01. The van der Waals surface area contributed by atoms with Crippen LogP contribution >= 0.6 is 11.6 Å². The van der Waals surface area contributed by atoms with Crippen molar-refractivity contribution in [2.24, 2.45) is 0 Å². The molecule has 0 unspecified atom stereocenters. The zero-order valence-corrected chi connectivity index (χ0v) is 15.7. The van der Waals surface area contributed by atoms with E-state index >= 15 is 0 Å². The topological polar surface area (TPSA) is 63.7 Å². The van der Waals surface area contributed by atoms with Gasteiger partial charge in [-0.15, -0.1) is 0 Å². The predicted molar refractivity (Wildman–Crippen MR) is 101 cm³/mol. The number of benzene rings is 2. The summed E-state index contributed by atoms with van der Waals surface area (Å²) in [5.41, 5.74) is 0.741. The van der Waals surface area contributed by atoms with Gasteiger partial charge in [0, 0.05) is 24.2 Å². The molecule has 1 amide bonds. The van der Waals surface area contributed by atoms with E-state index in [1.54, 1.807) is 30.3 Å². The summed E-state index contributed by atoms with van der Waals surface area (Å²) in [6, 6.07) is 13.5. The van der Waals surface area contributed by atoms with Crippen LogP contribution in [0.5, 0.6) is 5.75 Å². The Bertz CT molecular complexity index is 932. The highest BCUT2D eigenvalue weighted by Crippen LogP contribution is 2.26. The minimum Gasteiger partial charge on any atom is -0.497 e. The summed E-state index contributed by atoms with van der Waals surface area (Å²) in [5.74, 6) is 0.366. The van der Waals surface area contributed by atoms with Gasteiger partial charge in [-0.05, 0) is 42.0 Å². The molecule has 0 saturated carbocycles. The molecule has 5 nitrogen and oxygen atoms in total. The summed E-state index contributed by atoms with van der Waals surface area (Å²) >= 11 is 6.04. The zero-order valence-electron chi connectivity index (χ0n) is 14.1. The number of amides is 1. The van der Waals surface area contributed by atoms with Crippen LogP contribution in [-0.2, 0) is 14.6 Å². The van der Waals surface area contributed by atoms with Crippen molar-refractivity contribution in [2.45, 2.75) is 10.1 Å². The zero-order chi connectivity index (χ0) is 18.7. The number of nitrogens with zero attached hydrogens (tertiary/aromatic N) is 1. The third-order valence-corrected chi connectivity index (χ3v) is 6.75. The van der Waals surface area contributed by atoms with Crippen molar-refractivity contribution in [3.63, 3.8) is 0 Å². The summed E-state index contributed by atoms with van der Waals surface area (Å²) in [7, 11) is -1.94. The highest BCUT2D eigenvalue weighted by Gasteiger charge is 2.39. The first-order valence-corrected chi connectivity index (χ1v) is 9.93. The Balaban J connectivity index is 1.62. The molecule has 0 radical (unpaired) electrons. The number of carbonyl (C=O) groups excluding carboxylic acids is 1. The van der Waals surface area contributed by atoms with Crippen LogP contribution in [0.25, 0.3) is 6.08 Å². The van der Waals surface area contributed by atoms with Gasteiger partial charge in [0.2, 0.25) is 5.91 Å². The second-order valence-corrected chi connectivity index (χ2v) is 8.58. The number of likely N-dealkylation sites (tertiary alicyclic amines) is 1. The summed E-state index contributed by atoms with van der Waals surface area (Å²) in [5, 5.41) is -0.0336. The van der Waals surface area contributed by atoms with Crippen LogP contribution in [0.1, 0.15) is 5.56 Å². The van der Waals surface area contributed by atoms with E-state index in [9.17, 15) is 13.2 Å². The number of ether oxygens (including phenoxy) is 1. The Morgan fingerprint density at radius 3 is 2.42 bits per heavy atom. The third-order valence-electron chi connectivity index (χ3n) is 4.30. The van der Waals surface area contributed by atoms with E-state index < -0.39 is 15.1 Å². The molecule has 7 heteroatoms. The van der Waals surface area contributed by atoms with Crippen molar-refractivity contribution >= 4 is 33.4 Å². The fourth-order valence-corrected chi connectivity index (χ4v) is 4.50. The van der Waals surface area contributed by atoms with Crippen LogP contribution in [0, 0.1) is 0 Å². The van der Waals surface area contributed by atoms with Crippen LogP contribution in [0.2, 0.25) is 5.02 Å². The SMILES string of the molecule is COc1ccc(S(=O)(=O)C2CN(C(=O)/C=C/c3ccccc3Cl)C2)cc1. The van der Waals surface area contributed by atoms with Crippen molar-refractivity contribution in [1.29, 1.82) is 0 Å². The molecule has 0 aromatic heterocycles. The van der Waals surface area contributed by atoms with E-state index in [1.165, 1.54) is 30.2 Å². The predicted octanol–water partition coefficient (Wildman–Crippen LogP) is 3.05. The average molecular weight is 392 g/mol. The highest BCUT2D eigenvalue weighted by atomic mass is 35.5. The van der Waals surface area contributed by atoms with Crippen molar-refractivity contribution in [2.75, 3.05) is 20.2 Å². The Hall–Kier alpha value is -2.31. The van der Waals surface area contributed by atoms with Crippen LogP contribution in [0.15, 0.2) is 59.5 Å². The van der Waals surface area contributed by atoms with Crippen LogP contribution in [0.4, 0.5) is 0 Å². The molecule has 1 fully saturated rings. The second-order valence-electron chi connectivity index (χ2n) is 5.94. The maximum atomic E-state index is 12.6. The van der Waals surface area contributed by atoms with Gasteiger partial charge in [-0.3, -0.25) is 4.79 Å². The lowest BCUT2D eigenvalue weighted by atomic mass is 10.2. The Labute approximate surface area is 157 Å². The molecule has 1 aliphatic heterocycles. The van der Waals surface area contributed by atoms with E-state index in [0.717, 1.165) is 5.56 Å². The first-order chi connectivity index (χ1) is 12.4. The van der Waals surface area contributed by atoms with Crippen LogP contribution < -0.4 is 4.74 Å². The summed E-state index contributed by atoms with van der Waals surface area (Å²) in [4.78, 5) is 13.9. The van der Waals surface area contributed by atoms with Gasteiger partial charge in [0.1, 0.15) is 11.0 Å². The van der Waals surface area contributed by atoms with Crippen LogP contribution in [-0.4, -0.2) is 44.7 Å². The first kappa shape index (κ1) is 18.5. The number of sulfone groups is 1. The number of halogens is 1. The molecule has 3 rings (SSSR count). The van der Waals surface area contributed by atoms with Crippen molar-refractivity contribution in [3.05, 3.63) is 65.2 Å². The summed E-state index contributed by atoms with van der Waals surface area (Å²) < 4.78 is 30.2. The molecule has 1 aliphatic rings.